The van der Waals surface area contributed by atoms with Gasteiger partial charge in [0.05, 0.1) is 12.8 Å². The van der Waals surface area contributed by atoms with Crippen molar-refractivity contribution in [3.63, 3.8) is 0 Å². The Morgan fingerprint density at radius 1 is 1.40 bits per heavy atom. The van der Waals surface area contributed by atoms with Gasteiger partial charge < -0.3 is 9.73 Å². The van der Waals surface area contributed by atoms with Crippen molar-refractivity contribution in [2.24, 2.45) is 5.10 Å². The number of aryl methyl sites for hydroxylation is 1. The molecule has 104 valence electrons. The van der Waals surface area contributed by atoms with Crippen LogP contribution < -0.4 is 10.7 Å². The van der Waals surface area contributed by atoms with Gasteiger partial charge in [-0.1, -0.05) is 12.1 Å². The first-order valence-electron chi connectivity index (χ1n) is 6.01. The molecule has 0 spiro atoms. The molecule has 0 saturated carbocycles. The molecular weight excluding hydrogens is 322 g/mol. The van der Waals surface area contributed by atoms with E-state index in [9.17, 15) is 4.79 Å². The van der Waals surface area contributed by atoms with E-state index in [1.54, 1.807) is 12.1 Å². The normalized spacial score (nSPS) is 10.7. The predicted octanol–water partition coefficient (Wildman–Crippen LogP) is 2.91. The van der Waals surface area contributed by atoms with Crippen LogP contribution in [0.2, 0.25) is 0 Å². The Bertz CT molecular complexity index is 622. The molecule has 0 fully saturated rings. The first kappa shape index (κ1) is 14.3. The third-order valence-corrected chi connectivity index (χ3v) is 2.87. The Kier molecular flexibility index (Phi) is 4.95. The zero-order valence-corrected chi connectivity index (χ0v) is 12.5. The molecule has 2 aromatic rings. The maximum atomic E-state index is 11.6. The molecule has 2 N–H and O–H groups in total. The van der Waals surface area contributed by atoms with E-state index in [1.807, 2.05) is 31.2 Å². The van der Waals surface area contributed by atoms with Crippen molar-refractivity contribution in [2.75, 3.05) is 11.9 Å². The van der Waals surface area contributed by atoms with Crippen LogP contribution in [0.3, 0.4) is 0 Å². The Labute approximate surface area is 125 Å². The molecule has 0 aliphatic carbocycles. The van der Waals surface area contributed by atoms with E-state index in [0.717, 1.165) is 11.3 Å². The molecule has 0 aliphatic heterocycles. The SMILES string of the molecule is Cc1cccc(NCC(=O)N/N=C/c2ccc(Br)o2)c1. The second-order valence-corrected chi connectivity index (χ2v) is 4.94. The largest absolute Gasteiger partial charge is 0.448 e. The maximum Gasteiger partial charge on any atom is 0.259 e. The number of halogens is 1. The minimum atomic E-state index is -0.228. The van der Waals surface area contributed by atoms with Crippen molar-refractivity contribution in [3.05, 3.63) is 52.4 Å². The molecule has 0 atom stereocenters. The van der Waals surface area contributed by atoms with Gasteiger partial charge >= 0.3 is 0 Å². The summed E-state index contributed by atoms with van der Waals surface area (Å²) in [6, 6.07) is 11.3. The molecule has 6 heteroatoms. The lowest BCUT2D eigenvalue weighted by atomic mass is 10.2. The fraction of sp³-hybridized carbons (Fsp3) is 0.143. The van der Waals surface area contributed by atoms with Crippen LogP contribution >= 0.6 is 15.9 Å². The molecule has 1 aromatic carbocycles. The topological polar surface area (TPSA) is 66.6 Å². The predicted molar refractivity (Wildman–Crippen MR) is 81.8 cm³/mol. The second kappa shape index (κ2) is 6.91. The van der Waals surface area contributed by atoms with E-state index in [2.05, 4.69) is 31.8 Å². The van der Waals surface area contributed by atoms with Crippen LogP contribution in [0, 0.1) is 6.92 Å². The number of amides is 1. The Balaban J connectivity index is 1.77. The van der Waals surface area contributed by atoms with Crippen LogP contribution in [0.15, 0.2) is 50.6 Å². The Hall–Kier alpha value is -2.08. The van der Waals surface area contributed by atoms with E-state index in [1.165, 1.54) is 6.21 Å². The average Bonchev–Trinajstić information content (AvgIpc) is 2.82. The number of nitrogens with zero attached hydrogens (tertiary/aromatic N) is 1. The molecule has 20 heavy (non-hydrogen) atoms. The third kappa shape index (κ3) is 4.55. The summed E-state index contributed by atoms with van der Waals surface area (Å²) in [5, 5.41) is 6.83. The lowest BCUT2D eigenvalue weighted by molar-refractivity contribution is -0.119. The monoisotopic (exact) mass is 335 g/mol. The van der Waals surface area contributed by atoms with E-state index in [0.29, 0.717) is 10.4 Å². The molecule has 0 saturated heterocycles. The van der Waals surface area contributed by atoms with Crippen LogP contribution in [0.4, 0.5) is 5.69 Å². The van der Waals surface area contributed by atoms with Crippen LogP contribution in [0.1, 0.15) is 11.3 Å². The van der Waals surface area contributed by atoms with Gasteiger partial charge in [0, 0.05) is 5.69 Å². The number of carbonyl (C=O) groups is 1. The molecule has 0 bridgehead atoms. The number of benzene rings is 1. The van der Waals surface area contributed by atoms with Gasteiger partial charge in [-0.05, 0) is 52.7 Å². The molecular formula is C14H14BrN3O2. The summed E-state index contributed by atoms with van der Waals surface area (Å²) < 4.78 is 5.83. The highest BCUT2D eigenvalue weighted by atomic mass is 79.9. The molecule has 0 radical (unpaired) electrons. The number of rotatable bonds is 5. The fourth-order valence-electron chi connectivity index (χ4n) is 1.54. The Morgan fingerprint density at radius 3 is 2.95 bits per heavy atom. The summed E-state index contributed by atoms with van der Waals surface area (Å²) in [6.45, 7) is 2.15. The highest BCUT2D eigenvalue weighted by molar-refractivity contribution is 9.10. The molecule has 0 aliphatic rings. The van der Waals surface area contributed by atoms with Gasteiger partial charge in [0.15, 0.2) is 4.67 Å². The van der Waals surface area contributed by atoms with E-state index >= 15 is 0 Å². The molecule has 2 rings (SSSR count). The van der Waals surface area contributed by atoms with Crippen molar-refractivity contribution in [1.82, 2.24) is 5.43 Å². The fourth-order valence-corrected chi connectivity index (χ4v) is 1.86. The van der Waals surface area contributed by atoms with Crippen LogP contribution in [-0.2, 0) is 4.79 Å². The highest BCUT2D eigenvalue weighted by Crippen LogP contribution is 2.12. The third-order valence-electron chi connectivity index (χ3n) is 2.45. The standard InChI is InChI=1S/C14H14BrN3O2/c1-10-3-2-4-11(7-10)16-9-14(19)18-17-8-12-5-6-13(15)20-12/h2-8,16H,9H2,1H3,(H,18,19)/b17-8+. The summed E-state index contributed by atoms with van der Waals surface area (Å²) in [6.07, 6.45) is 1.44. The van der Waals surface area contributed by atoms with Gasteiger partial charge in [0.1, 0.15) is 5.76 Å². The molecule has 5 nitrogen and oxygen atoms in total. The molecule has 0 unspecified atom stereocenters. The summed E-state index contributed by atoms with van der Waals surface area (Å²) in [5.41, 5.74) is 4.46. The minimum absolute atomic E-state index is 0.155. The van der Waals surface area contributed by atoms with E-state index in [-0.39, 0.29) is 12.5 Å². The van der Waals surface area contributed by atoms with Gasteiger partial charge in [0.25, 0.3) is 5.91 Å². The van der Waals surface area contributed by atoms with Gasteiger partial charge in [-0.2, -0.15) is 5.10 Å². The van der Waals surface area contributed by atoms with Crippen molar-refractivity contribution in [1.29, 1.82) is 0 Å². The van der Waals surface area contributed by atoms with Gasteiger partial charge in [0.2, 0.25) is 0 Å². The van der Waals surface area contributed by atoms with Crippen LogP contribution in [-0.4, -0.2) is 18.7 Å². The number of hydrogen-bond acceptors (Lipinski definition) is 4. The van der Waals surface area contributed by atoms with Gasteiger partial charge in [-0.25, -0.2) is 5.43 Å². The van der Waals surface area contributed by atoms with Gasteiger partial charge in [-0.3, -0.25) is 4.79 Å². The number of furan rings is 1. The van der Waals surface area contributed by atoms with Crippen molar-refractivity contribution in [3.8, 4) is 0 Å². The zero-order valence-electron chi connectivity index (χ0n) is 10.9. The summed E-state index contributed by atoms with van der Waals surface area (Å²) in [7, 11) is 0. The molecule has 1 amide bonds. The van der Waals surface area contributed by atoms with E-state index < -0.39 is 0 Å². The number of anilines is 1. The quantitative estimate of drug-likeness (QED) is 0.652. The number of nitrogens with one attached hydrogen (secondary N) is 2. The molecule has 1 aromatic heterocycles. The van der Waals surface area contributed by atoms with Crippen molar-refractivity contribution >= 4 is 33.7 Å². The first-order chi connectivity index (χ1) is 9.63. The summed E-state index contributed by atoms with van der Waals surface area (Å²) >= 11 is 3.18. The first-order valence-corrected chi connectivity index (χ1v) is 6.80. The lowest BCUT2D eigenvalue weighted by Crippen LogP contribution is -2.25. The maximum absolute atomic E-state index is 11.6. The number of carbonyl (C=O) groups excluding carboxylic acids is 1. The molecule has 1 heterocycles. The minimum Gasteiger partial charge on any atom is -0.448 e. The van der Waals surface area contributed by atoms with Crippen LogP contribution in [0.25, 0.3) is 0 Å². The van der Waals surface area contributed by atoms with Crippen molar-refractivity contribution in [2.45, 2.75) is 6.92 Å². The van der Waals surface area contributed by atoms with Crippen molar-refractivity contribution < 1.29 is 9.21 Å². The average molecular weight is 336 g/mol. The van der Waals surface area contributed by atoms with Gasteiger partial charge in [-0.15, -0.1) is 0 Å². The highest BCUT2D eigenvalue weighted by Gasteiger charge is 2.00. The summed E-state index contributed by atoms with van der Waals surface area (Å²) in [4.78, 5) is 11.6. The van der Waals surface area contributed by atoms with E-state index in [4.69, 9.17) is 4.42 Å². The second-order valence-electron chi connectivity index (χ2n) is 4.16. The lowest BCUT2D eigenvalue weighted by Gasteiger charge is -2.05. The number of hydrogen-bond donors (Lipinski definition) is 2. The number of hydrazone groups is 1. The Morgan fingerprint density at radius 2 is 2.25 bits per heavy atom. The summed E-state index contributed by atoms with van der Waals surface area (Å²) in [5.74, 6) is 0.331. The zero-order chi connectivity index (χ0) is 14.4. The smallest absolute Gasteiger partial charge is 0.259 e. The van der Waals surface area contributed by atoms with Crippen LogP contribution in [0.5, 0.6) is 0 Å².